The van der Waals surface area contributed by atoms with Gasteiger partial charge in [-0.15, -0.1) is 0 Å². The van der Waals surface area contributed by atoms with E-state index in [2.05, 4.69) is 0 Å². The highest BCUT2D eigenvalue weighted by molar-refractivity contribution is 7.88. The SMILES string of the molecule is CCC1COCCN1S(=O)(=O)Cc1cccc(CO)c1. The van der Waals surface area contributed by atoms with E-state index in [1.54, 1.807) is 28.6 Å². The standard InChI is InChI=1S/C14H21NO4S/c1-2-14-10-19-7-6-15(14)20(17,18)11-13-5-3-4-12(8-13)9-16/h3-5,8,14,16H,2,6-7,9-11H2,1H3. The van der Waals surface area contributed by atoms with Crippen molar-refractivity contribution in [2.24, 2.45) is 0 Å². The van der Waals surface area contributed by atoms with Crippen molar-refractivity contribution in [1.82, 2.24) is 4.31 Å². The lowest BCUT2D eigenvalue weighted by Crippen LogP contribution is -2.48. The molecule has 20 heavy (non-hydrogen) atoms. The molecule has 0 aromatic heterocycles. The van der Waals surface area contributed by atoms with Gasteiger partial charge in [0.1, 0.15) is 0 Å². The van der Waals surface area contributed by atoms with Gasteiger partial charge < -0.3 is 9.84 Å². The minimum Gasteiger partial charge on any atom is -0.392 e. The van der Waals surface area contributed by atoms with Crippen LogP contribution < -0.4 is 0 Å². The number of aliphatic hydroxyl groups is 1. The fourth-order valence-corrected chi connectivity index (χ4v) is 4.22. The molecule has 0 radical (unpaired) electrons. The van der Waals surface area contributed by atoms with Gasteiger partial charge in [-0.2, -0.15) is 4.31 Å². The molecule has 0 spiro atoms. The lowest BCUT2D eigenvalue weighted by molar-refractivity contribution is 0.0313. The largest absolute Gasteiger partial charge is 0.392 e. The van der Waals surface area contributed by atoms with E-state index in [9.17, 15) is 8.42 Å². The van der Waals surface area contributed by atoms with Gasteiger partial charge in [0.15, 0.2) is 0 Å². The van der Waals surface area contributed by atoms with E-state index >= 15 is 0 Å². The summed E-state index contributed by atoms with van der Waals surface area (Å²) in [4.78, 5) is 0. The number of rotatable bonds is 5. The Hall–Kier alpha value is -0.950. The van der Waals surface area contributed by atoms with Gasteiger partial charge in [0.05, 0.1) is 25.6 Å². The van der Waals surface area contributed by atoms with Gasteiger partial charge in [0.2, 0.25) is 10.0 Å². The van der Waals surface area contributed by atoms with E-state index in [1.165, 1.54) is 0 Å². The van der Waals surface area contributed by atoms with Crippen LogP contribution in [0.2, 0.25) is 0 Å². The van der Waals surface area contributed by atoms with Crippen molar-refractivity contribution in [3.63, 3.8) is 0 Å². The van der Waals surface area contributed by atoms with Crippen LogP contribution in [0.5, 0.6) is 0 Å². The zero-order valence-corrected chi connectivity index (χ0v) is 12.5. The van der Waals surface area contributed by atoms with Crippen molar-refractivity contribution in [3.8, 4) is 0 Å². The van der Waals surface area contributed by atoms with Crippen molar-refractivity contribution in [3.05, 3.63) is 35.4 Å². The Morgan fingerprint density at radius 1 is 1.40 bits per heavy atom. The van der Waals surface area contributed by atoms with Gasteiger partial charge in [-0.25, -0.2) is 8.42 Å². The van der Waals surface area contributed by atoms with Crippen molar-refractivity contribution in [2.45, 2.75) is 31.7 Å². The summed E-state index contributed by atoms with van der Waals surface area (Å²) in [5, 5.41) is 9.11. The van der Waals surface area contributed by atoms with Crippen LogP contribution in [0.3, 0.4) is 0 Å². The van der Waals surface area contributed by atoms with Crippen LogP contribution in [0.1, 0.15) is 24.5 Å². The maximum Gasteiger partial charge on any atom is 0.218 e. The van der Waals surface area contributed by atoms with Gasteiger partial charge in [-0.3, -0.25) is 0 Å². The lowest BCUT2D eigenvalue weighted by Gasteiger charge is -2.34. The van der Waals surface area contributed by atoms with Crippen LogP contribution in [0.25, 0.3) is 0 Å². The van der Waals surface area contributed by atoms with Crippen LogP contribution in [-0.4, -0.2) is 43.6 Å². The minimum absolute atomic E-state index is 0.0304. The Morgan fingerprint density at radius 2 is 2.15 bits per heavy atom. The van der Waals surface area contributed by atoms with E-state index in [0.717, 1.165) is 12.0 Å². The van der Waals surface area contributed by atoms with Crippen LogP contribution in [-0.2, 0) is 27.1 Å². The van der Waals surface area contributed by atoms with Crippen molar-refractivity contribution < 1.29 is 18.3 Å². The molecular formula is C14H21NO4S. The molecule has 5 nitrogen and oxygen atoms in total. The quantitative estimate of drug-likeness (QED) is 0.885. The molecule has 1 atom stereocenters. The topological polar surface area (TPSA) is 66.8 Å². The Labute approximate surface area is 120 Å². The number of sulfonamides is 1. The Balaban J connectivity index is 2.17. The average Bonchev–Trinajstić information content (AvgIpc) is 2.47. The molecule has 0 amide bonds. The second kappa shape index (κ2) is 6.67. The van der Waals surface area contributed by atoms with E-state index in [4.69, 9.17) is 9.84 Å². The zero-order chi connectivity index (χ0) is 14.6. The lowest BCUT2D eigenvalue weighted by atomic mass is 10.1. The highest BCUT2D eigenvalue weighted by Gasteiger charge is 2.31. The molecule has 1 aliphatic rings. The summed E-state index contributed by atoms with van der Waals surface area (Å²) in [6, 6.07) is 6.99. The number of ether oxygens (including phenoxy) is 1. The molecule has 0 bridgehead atoms. The predicted octanol–water partition coefficient (Wildman–Crippen LogP) is 1.12. The summed E-state index contributed by atoms with van der Waals surface area (Å²) in [7, 11) is -3.35. The van der Waals surface area contributed by atoms with E-state index in [1.807, 2.05) is 6.92 Å². The third-order valence-corrected chi connectivity index (χ3v) is 5.42. The number of hydrogen-bond donors (Lipinski definition) is 1. The van der Waals surface area contributed by atoms with Gasteiger partial charge in [-0.05, 0) is 17.5 Å². The van der Waals surface area contributed by atoms with Crippen molar-refractivity contribution in [1.29, 1.82) is 0 Å². The molecule has 1 aliphatic heterocycles. The normalized spacial score (nSPS) is 21.0. The summed E-state index contributed by atoms with van der Waals surface area (Å²) in [6.45, 7) is 3.22. The van der Waals surface area contributed by atoms with Gasteiger partial charge in [-0.1, -0.05) is 31.2 Å². The maximum absolute atomic E-state index is 12.5. The van der Waals surface area contributed by atoms with Gasteiger partial charge in [0.25, 0.3) is 0 Å². The molecule has 1 N–H and O–H groups in total. The van der Waals surface area contributed by atoms with Crippen LogP contribution in [0.15, 0.2) is 24.3 Å². The Kier molecular flexibility index (Phi) is 5.15. The molecule has 1 heterocycles. The molecule has 1 fully saturated rings. The molecule has 0 saturated carbocycles. The molecule has 6 heteroatoms. The van der Waals surface area contributed by atoms with Crippen LogP contribution >= 0.6 is 0 Å². The molecule has 112 valence electrons. The third-order valence-electron chi connectivity index (χ3n) is 3.53. The highest BCUT2D eigenvalue weighted by atomic mass is 32.2. The van der Waals surface area contributed by atoms with Crippen LogP contribution in [0, 0.1) is 0 Å². The molecule has 2 rings (SSSR count). The smallest absolute Gasteiger partial charge is 0.218 e. The zero-order valence-electron chi connectivity index (χ0n) is 11.7. The van der Waals surface area contributed by atoms with Crippen LogP contribution in [0.4, 0.5) is 0 Å². The Bertz CT molecular complexity index is 544. The first-order chi connectivity index (χ1) is 9.56. The number of aliphatic hydroxyl groups excluding tert-OH is 1. The first-order valence-corrected chi connectivity index (χ1v) is 8.43. The first-order valence-electron chi connectivity index (χ1n) is 6.82. The molecular weight excluding hydrogens is 278 g/mol. The molecule has 1 unspecified atom stereocenters. The van der Waals surface area contributed by atoms with E-state index < -0.39 is 10.0 Å². The van der Waals surface area contributed by atoms with Crippen molar-refractivity contribution in [2.75, 3.05) is 19.8 Å². The molecule has 1 aromatic carbocycles. The number of nitrogens with zero attached hydrogens (tertiary/aromatic N) is 1. The second-order valence-corrected chi connectivity index (χ2v) is 6.90. The van der Waals surface area contributed by atoms with E-state index in [0.29, 0.717) is 25.3 Å². The van der Waals surface area contributed by atoms with Crippen molar-refractivity contribution >= 4 is 10.0 Å². The first kappa shape index (κ1) is 15.4. The monoisotopic (exact) mass is 299 g/mol. The fourth-order valence-electron chi connectivity index (χ4n) is 2.44. The molecule has 1 aromatic rings. The van der Waals surface area contributed by atoms with Gasteiger partial charge in [0, 0.05) is 12.6 Å². The molecule has 0 aliphatic carbocycles. The van der Waals surface area contributed by atoms with E-state index in [-0.39, 0.29) is 18.4 Å². The summed E-state index contributed by atoms with van der Waals surface area (Å²) >= 11 is 0. The highest BCUT2D eigenvalue weighted by Crippen LogP contribution is 2.19. The number of morpholine rings is 1. The summed E-state index contributed by atoms with van der Waals surface area (Å²) in [6.07, 6.45) is 0.746. The second-order valence-electron chi connectivity index (χ2n) is 4.98. The number of hydrogen-bond acceptors (Lipinski definition) is 4. The number of benzene rings is 1. The Morgan fingerprint density at radius 3 is 2.85 bits per heavy atom. The molecule has 1 saturated heterocycles. The minimum atomic E-state index is -3.35. The fraction of sp³-hybridized carbons (Fsp3) is 0.571. The summed E-state index contributed by atoms with van der Waals surface area (Å²) < 4.78 is 32.0. The maximum atomic E-state index is 12.5. The summed E-state index contributed by atoms with van der Waals surface area (Å²) in [5.41, 5.74) is 1.43. The average molecular weight is 299 g/mol. The van der Waals surface area contributed by atoms with Gasteiger partial charge >= 0.3 is 0 Å². The third kappa shape index (κ3) is 3.58. The predicted molar refractivity (Wildman–Crippen MR) is 76.6 cm³/mol. The summed E-state index contributed by atoms with van der Waals surface area (Å²) in [5.74, 6) is -0.0304.